The number of rotatable bonds is 5. The number of methoxy groups -OCH3 is 1. The number of nitrogens with zero attached hydrogens (tertiary/aromatic N) is 3. The van der Waals surface area contributed by atoms with E-state index in [1.54, 1.807) is 0 Å². The number of ether oxygens (including phenoxy) is 1. The Bertz CT molecular complexity index is 673. The van der Waals surface area contributed by atoms with E-state index in [0.29, 0.717) is 5.69 Å². The Balaban J connectivity index is 2.12. The van der Waals surface area contributed by atoms with E-state index in [0.717, 1.165) is 0 Å². The van der Waals surface area contributed by atoms with Crippen LogP contribution in [0.25, 0.3) is 0 Å². The standard InChI is InChI=1S/C12H14N4O5/c1-12(2,11(18)19)16-6-7(5-13-16)14-10(17)8-4-9(20-3)15-21-8/h4-6H,1-3H3,(H,14,17)(H,18,19). The quantitative estimate of drug-likeness (QED) is 0.842. The predicted octanol–water partition coefficient (Wildman–Crippen LogP) is 0.952. The summed E-state index contributed by atoms with van der Waals surface area (Å²) in [4.78, 5) is 23.0. The summed E-state index contributed by atoms with van der Waals surface area (Å²) in [6.07, 6.45) is 2.76. The smallest absolute Gasteiger partial charge is 0.331 e. The summed E-state index contributed by atoms with van der Waals surface area (Å²) >= 11 is 0. The van der Waals surface area contributed by atoms with Crippen LogP contribution < -0.4 is 10.1 Å². The van der Waals surface area contributed by atoms with Crippen molar-refractivity contribution in [3.05, 3.63) is 24.2 Å². The van der Waals surface area contributed by atoms with Crippen LogP contribution >= 0.6 is 0 Å². The van der Waals surface area contributed by atoms with Gasteiger partial charge in [0.2, 0.25) is 5.76 Å². The van der Waals surface area contributed by atoms with E-state index >= 15 is 0 Å². The summed E-state index contributed by atoms with van der Waals surface area (Å²) in [7, 11) is 1.40. The maximum atomic E-state index is 11.9. The number of carbonyl (C=O) groups is 2. The van der Waals surface area contributed by atoms with Crippen LogP contribution in [0.3, 0.4) is 0 Å². The summed E-state index contributed by atoms with van der Waals surface area (Å²) in [6.45, 7) is 2.99. The normalized spacial score (nSPS) is 11.2. The third-order valence-corrected chi connectivity index (χ3v) is 2.86. The Labute approximate surface area is 119 Å². The highest BCUT2D eigenvalue weighted by Crippen LogP contribution is 2.18. The van der Waals surface area contributed by atoms with Gasteiger partial charge >= 0.3 is 5.97 Å². The molecule has 2 heterocycles. The van der Waals surface area contributed by atoms with Crippen LogP contribution in [0.5, 0.6) is 5.88 Å². The zero-order valence-electron chi connectivity index (χ0n) is 11.7. The van der Waals surface area contributed by atoms with Crippen molar-refractivity contribution in [2.45, 2.75) is 19.4 Å². The number of anilines is 1. The fourth-order valence-corrected chi connectivity index (χ4v) is 1.45. The monoisotopic (exact) mass is 294 g/mol. The first kappa shape index (κ1) is 14.6. The lowest BCUT2D eigenvalue weighted by atomic mass is 10.1. The summed E-state index contributed by atoms with van der Waals surface area (Å²) < 4.78 is 10.8. The Hall–Kier alpha value is -2.84. The van der Waals surface area contributed by atoms with Crippen molar-refractivity contribution < 1.29 is 24.0 Å². The van der Waals surface area contributed by atoms with Crippen molar-refractivity contribution in [1.82, 2.24) is 14.9 Å². The highest BCUT2D eigenvalue weighted by Gasteiger charge is 2.30. The zero-order chi connectivity index (χ0) is 15.6. The average Bonchev–Trinajstić information content (AvgIpc) is 3.07. The lowest BCUT2D eigenvalue weighted by molar-refractivity contribution is -0.146. The minimum absolute atomic E-state index is 0.0305. The molecule has 9 heteroatoms. The van der Waals surface area contributed by atoms with E-state index in [4.69, 9.17) is 14.4 Å². The lowest BCUT2D eigenvalue weighted by Gasteiger charge is -2.19. The Morgan fingerprint density at radius 1 is 1.48 bits per heavy atom. The number of hydrogen-bond acceptors (Lipinski definition) is 6. The molecule has 1 amide bonds. The summed E-state index contributed by atoms with van der Waals surface area (Å²) in [5.74, 6) is -1.43. The Morgan fingerprint density at radius 2 is 2.19 bits per heavy atom. The van der Waals surface area contributed by atoms with Gasteiger partial charge in [-0.25, -0.2) is 4.79 Å². The number of nitrogens with one attached hydrogen (secondary N) is 1. The van der Waals surface area contributed by atoms with Gasteiger partial charge in [-0.3, -0.25) is 9.48 Å². The lowest BCUT2D eigenvalue weighted by Crippen LogP contribution is -2.35. The number of aromatic nitrogens is 3. The molecule has 112 valence electrons. The van der Waals surface area contributed by atoms with Gasteiger partial charge in [0.25, 0.3) is 11.8 Å². The fraction of sp³-hybridized carbons (Fsp3) is 0.333. The first-order valence-corrected chi connectivity index (χ1v) is 5.95. The minimum Gasteiger partial charge on any atom is -0.479 e. The van der Waals surface area contributed by atoms with Crippen molar-refractivity contribution in [1.29, 1.82) is 0 Å². The number of amides is 1. The van der Waals surface area contributed by atoms with Gasteiger partial charge in [-0.2, -0.15) is 5.10 Å². The minimum atomic E-state index is -1.22. The Morgan fingerprint density at radius 3 is 2.76 bits per heavy atom. The third-order valence-electron chi connectivity index (χ3n) is 2.86. The van der Waals surface area contributed by atoms with E-state index in [2.05, 4.69) is 15.6 Å². The molecule has 0 spiro atoms. The summed E-state index contributed by atoms with van der Waals surface area (Å²) in [5, 5.41) is 19.1. The fourth-order valence-electron chi connectivity index (χ4n) is 1.45. The molecular weight excluding hydrogens is 280 g/mol. The molecule has 2 aromatic heterocycles. The average molecular weight is 294 g/mol. The summed E-state index contributed by atoms with van der Waals surface area (Å²) in [6, 6.07) is 1.33. The molecule has 21 heavy (non-hydrogen) atoms. The van der Waals surface area contributed by atoms with Crippen LogP contribution in [0.4, 0.5) is 5.69 Å². The van der Waals surface area contributed by atoms with Crippen molar-refractivity contribution >= 4 is 17.6 Å². The number of carbonyl (C=O) groups excluding carboxylic acids is 1. The second-order valence-corrected chi connectivity index (χ2v) is 4.73. The maximum Gasteiger partial charge on any atom is 0.331 e. The largest absolute Gasteiger partial charge is 0.479 e. The topological polar surface area (TPSA) is 119 Å². The second-order valence-electron chi connectivity index (χ2n) is 4.73. The molecule has 0 saturated heterocycles. The highest BCUT2D eigenvalue weighted by molar-refractivity contribution is 6.02. The van der Waals surface area contributed by atoms with Gasteiger partial charge < -0.3 is 19.7 Å². The molecule has 0 radical (unpaired) electrons. The zero-order valence-corrected chi connectivity index (χ0v) is 11.7. The molecule has 2 rings (SSSR count). The van der Waals surface area contributed by atoms with Gasteiger partial charge in [-0.1, -0.05) is 0 Å². The molecule has 0 unspecified atom stereocenters. The number of carboxylic acids is 1. The van der Waals surface area contributed by atoms with Crippen LogP contribution in [0.1, 0.15) is 24.4 Å². The van der Waals surface area contributed by atoms with E-state index in [1.807, 2.05) is 0 Å². The second kappa shape index (κ2) is 5.27. The maximum absolute atomic E-state index is 11.9. The van der Waals surface area contributed by atoms with E-state index in [-0.39, 0.29) is 11.6 Å². The van der Waals surface area contributed by atoms with Crippen LogP contribution in [0.2, 0.25) is 0 Å². The molecule has 0 fully saturated rings. The Kier molecular flexibility index (Phi) is 3.66. The van der Waals surface area contributed by atoms with Crippen molar-refractivity contribution in [2.75, 3.05) is 12.4 Å². The molecule has 0 atom stereocenters. The van der Waals surface area contributed by atoms with Gasteiger partial charge in [0.15, 0.2) is 5.54 Å². The van der Waals surface area contributed by atoms with Crippen molar-refractivity contribution in [3.8, 4) is 5.88 Å². The highest BCUT2D eigenvalue weighted by atomic mass is 16.5. The molecule has 0 aromatic carbocycles. The van der Waals surface area contributed by atoms with Crippen molar-refractivity contribution in [3.63, 3.8) is 0 Å². The third kappa shape index (κ3) is 2.86. The van der Waals surface area contributed by atoms with Gasteiger partial charge in [-0.05, 0) is 19.0 Å². The van der Waals surface area contributed by atoms with E-state index in [9.17, 15) is 9.59 Å². The molecule has 0 bridgehead atoms. The summed E-state index contributed by atoms with van der Waals surface area (Å²) in [5.41, 5.74) is -0.886. The van der Waals surface area contributed by atoms with E-state index in [1.165, 1.54) is 44.1 Å². The van der Waals surface area contributed by atoms with E-state index < -0.39 is 17.4 Å². The first-order chi connectivity index (χ1) is 9.84. The van der Waals surface area contributed by atoms with Gasteiger partial charge in [0.05, 0.1) is 25.1 Å². The van der Waals surface area contributed by atoms with Gasteiger partial charge in [0, 0.05) is 6.20 Å². The molecule has 2 aromatic rings. The molecule has 0 aliphatic rings. The number of aliphatic carboxylic acids is 1. The molecule has 0 aliphatic heterocycles. The van der Waals surface area contributed by atoms with Crippen LogP contribution in [-0.4, -0.2) is 39.0 Å². The van der Waals surface area contributed by atoms with Crippen LogP contribution in [0.15, 0.2) is 23.0 Å². The molecule has 9 nitrogen and oxygen atoms in total. The molecular formula is C12H14N4O5. The first-order valence-electron chi connectivity index (χ1n) is 5.95. The van der Waals surface area contributed by atoms with Gasteiger partial charge in [0.1, 0.15) is 0 Å². The number of carboxylic acid groups (broad SMARTS) is 1. The predicted molar refractivity (Wildman–Crippen MR) is 70.2 cm³/mol. The van der Waals surface area contributed by atoms with Crippen molar-refractivity contribution in [2.24, 2.45) is 0 Å². The molecule has 0 aliphatic carbocycles. The molecule has 2 N–H and O–H groups in total. The van der Waals surface area contributed by atoms with Crippen LogP contribution in [0, 0.1) is 0 Å². The SMILES string of the molecule is COc1cc(C(=O)Nc2cnn(C(C)(C)C(=O)O)c2)on1. The van der Waals surface area contributed by atoms with Gasteiger partial charge in [-0.15, -0.1) is 0 Å². The number of hydrogen-bond donors (Lipinski definition) is 2. The molecule has 0 saturated carbocycles. The van der Waals surface area contributed by atoms with Crippen LogP contribution in [-0.2, 0) is 10.3 Å².